The Morgan fingerprint density at radius 2 is 1.57 bits per heavy atom. The van der Waals surface area contributed by atoms with Crippen LogP contribution in [0.25, 0.3) is 22.0 Å². The summed E-state index contributed by atoms with van der Waals surface area (Å²) in [5, 5.41) is 6.16. The number of anilines is 3. The van der Waals surface area contributed by atoms with E-state index in [9.17, 15) is 26.4 Å². The Morgan fingerprint density at radius 1 is 0.857 bits per heavy atom. The minimum atomic E-state index is -5.77. The Bertz CT molecular complexity index is 2270. The first-order chi connectivity index (χ1) is 27.0. The van der Waals surface area contributed by atoms with Gasteiger partial charge >= 0.3 is 5.51 Å². The fourth-order valence-electron chi connectivity index (χ4n) is 7.00. The molecule has 4 aromatic carbocycles. The van der Waals surface area contributed by atoms with Crippen LogP contribution in [0, 0.1) is 0 Å². The molecular weight excluding hydrogens is 767 g/mol. The number of ether oxygens (including phenoxy) is 1. The van der Waals surface area contributed by atoms with E-state index >= 15 is 0 Å². The largest absolute Gasteiger partial charge is 0.501 e. The van der Waals surface area contributed by atoms with Crippen molar-refractivity contribution in [2.75, 3.05) is 81.1 Å². The summed E-state index contributed by atoms with van der Waals surface area (Å²) in [7, 11) is -5.77. The molecule has 0 radical (unpaired) electrons. The Kier molecular flexibility index (Phi) is 12.1. The van der Waals surface area contributed by atoms with Crippen molar-refractivity contribution < 1.29 is 31.1 Å². The van der Waals surface area contributed by atoms with Crippen molar-refractivity contribution in [1.29, 1.82) is 0 Å². The zero-order valence-corrected chi connectivity index (χ0v) is 32.0. The number of aromatic nitrogens is 2. The van der Waals surface area contributed by atoms with E-state index in [2.05, 4.69) is 53.5 Å². The topological polar surface area (TPSA) is 120 Å². The van der Waals surface area contributed by atoms with Crippen LogP contribution >= 0.6 is 11.6 Å². The van der Waals surface area contributed by atoms with Crippen molar-refractivity contribution >= 4 is 55.4 Å². The van der Waals surface area contributed by atoms with Crippen molar-refractivity contribution in [2.24, 2.45) is 0 Å². The Morgan fingerprint density at radius 3 is 2.29 bits per heavy atom. The summed E-state index contributed by atoms with van der Waals surface area (Å²) < 4.78 is 72.5. The number of morpholine rings is 1. The van der Waals surface area contributed by atoms with Crippen LogP contribution in [0.4, 0.5) is 30.4 Å². The molecule has 1 aromatic heterocycles. The Labute approximate surface area is 328 Å². The highest BCUT2D eigenvalue weighted by atomic mass is 35.5. The monoisotopic (exact) mass is 807 g/mol. The molecule has 2 N–H and O–H groups in total. The number of carbonyl (C=O) groups is 1. The summed E-state index contributed by atoms with van der Waals surface area (Å²) in [5.41, 5.74) is -0.853. The van der Waals surface area contributed by atoms with E-state index in [0.717, 1.165) is 69.5 Å². The van der Waals surface area contributed by atoms with Crippen LogP contribution in [0.5, 0.6) is 0 Å². The van der Waals surface area contributed by atoms with E-state index in [1.165, 1.54) is 17.2 Å². The SMILES string of the molecule is O=C(Nc1ncnc2cc(NCCCN3CCOCC3)c(S(=O)(=O)C(F)(F)F)cc12)c1ccc(N2CCN(Cc3ccccc3-c3ccc(Cl)cc3)CC2)cc1. The molecule has 2 saturated heterocycles. The van der Waals surface area contributed by atoms with Gasteiger partial charge in [-0.15, -0.1) is 0 Å². The summed E-state index contributed by atoms with van der Waals surface area (Å²) >= 11 is 6.11. The van der Waals surface area contributed by atoms with Crippen LogP contribution in [-0.4, -0.2) is 105 Å². The Hall–Kier alpha value is -4.80. The second-order valence-electron chi connectivity index (χ2n) is 13.7. The number of hydrogen-bond donors (Lipinski definition) is 2. The van der Waals surface area contributed by atoms with Gasteiger partial charge in [0.25, 0.3) is 15.7 Å². The van der Waals surface area contributed by atoms with Crippen molar-refractivity contribution in [3.63, 3.8) is 0 Å². The molecule has 0 aliphatic carbocycles. The zero-order valence-electron chi connectivity index (χ0n) is 30.4. The minimum absolute atomic E-state index is 0.0483. The fraction of sp³-hybridized carbons (Fsp3) is 0.325. The van der Waals surface area contributed by atoms with Crippen LogP contribution in [0.15, 0.2) is 96.2 Å². The maximum atomic E-state index is 13.9. The summed E-state index contributed by atoms with van der Waals surface area (Å²) in [6, 6.07) is 25.4. The molecule has 5 aromatic rings. The number of nitrogens with one attached hydrogen (secondary N) is 2. The number of sulfone groups is 1. The number of rotatable bonds is 12. The highest BCUT2D eigenvalue weighted by Crippen LogP contribution is 2.38. The molecule has 294 valence electrons. The van der Waals surface area contributed by atoms with Gasteiger partial charge in [-0.3, -0.25) is 14.6 Å². The first-order valence-corrected chi connectivity index (χ1v) is 20.2. The third-order valence-electron chi connectivity index (χ3n) is 10.1. The standard InChI is InChI=1S/C40H41ClF3N7O4S/c41-31-10-6-28(7-11-31)33-5-2-1-4-30(33)26-50-16-18-51(19-17-50)32-12-8-29(9-13-32)39(52)48-38-34-24-37(56(53,54)40(42,43)44)36(25-35(34)46-27-47-38)45-14-3-15-49-20-22-55-23-21-49/h1-2,4-13,24-25,27,45H,3,14-23,26H2,(H,46,47,48,52). The van der Waals surface area contributed by atoms with Crippen LogP contribution in [0.1, 0.15) is 22.3 Å². The van der Waals surface area contributed by atoms with Crippen LogP contribution < -0.4 is 15.5 Å². The average molecular weight is 808 g/mol. The third kappa shape index (κ3) is 9.08. The summed E-state index contributed by atoms with van der Waals surface area (Å²) in [6.07, 6.45) is 1.72. The molecule has 0 unspecified atom stereocenters. The van der Waals surface area contributed by atoms with E-state index < -0.39 is 26.1 Å². The molecule has 56 heavy (non-hydrogen) atoms. The molecular formula is C40H41ClF3N7O4S. The molecule has 0 saturated carbocycles. The molecule has 2 aliphatic rings. The second-order valence-corrected chi connectivity index (χ2v) is 16.0. The number of nitrogens with zero attached hydrogens (tertiary/aromatic N) is 5. The van der Waals surface area contributed by atoms with Crippen molar-refractivity contribution in [3.05, 3.63) is 107 Å². The predicted octanol–water partition coefficient (Wildman–Crippen LogP) is 6.95. The van der Waals surface area contributed by atoms with Crippen LogP contribution in [0.3, 0.4) is 0 Å². The van der Waals surface area contributed by atoms with Gasteiger partial charge in [0.1, 0.15) is 17.0 Å². The van der Waals surface area contributed by atoms with Gasteiger partial charge in [0.15, 0.2) is 0 Å². The first-order valence-electron chi connectivity index (χ1n) is 18.3. The number of benzene rings is 4. The number of halogens is 4. The van der Waals surface area contributed by atoms with E-state index in [1.54, 1.807) is 12.1 Å². The summed E-state index contributed by atoms with van der Waals surface area (Å²) in [5.74, 6) is -0.679. The summed E-state index contributed by atoms with van der Waals surface area (Å²) in [6.45, 7) is 7.68. The van der Waals surface area contributed by atoms with Gasteiger partial charge < -0.3 is 20.3 Å². The van der Waals surface area contributed by atoms with E-state index in [-0.39, 0.29) is 29.0 Å². The predicted molar refractivity (Wildman–Crippen MR) is 212 cm³/mol. The van der Waals surface area contributed by atoms with E-state index in [0.29, 0.717) is 36.8 Å². The van der Waals surface area contributed by atoms with Crippen LogP contribution in [0.2, 0.25) is 5.02 Å². The molecule has 11 nitrogen and oxygen atoms in total. The molecule has 2 fully saturated rings. The lowest BCUT2D eigenvalue weighted by Crippen LogP contribution is -2.46. The van der Waals surface area contributed by atoms with Gasteiger partial charge in [0, 0.05) is 74.0 Å². The number of fused-ring (bicyclic) bond motifs is 1. The fourth-order valence-corrected chi connectivity index (χ4v) is 8.07. The van der Waals surface area contributed by atoms with Gasteiger partial charge in [-0.05, 0) is 78.2 Å². The van der Waals surface area contributed by atoms with E-state index in [1.807, 2.05) is 42.5 Å². The third-order valence-corrected chi connectivity index (χ3v) is 11.8. The number of hydrogen-bond acceptors (Lipinski definition) is 10. The quantitative estimate of drug-likeness (QED) is 0.128. The van der Waals surface area contributed by atoms with Crippen LogP contribution in [-0.2, 0) is 21.1 Å². The van der Waals surface area contributed by atoms with E-state index in [4.69, 9.17) is 16.3 Å². The lowest BCUT2D eigenvalue weighted by molar-refractivity contribution is -0.0435. The minimum Gasteiger partial charge on any atom is -0.384 e. The lowest BCUT2D eigenvalue weighted by Gasteiger charge is -2.36. The first kappa shape index (κ1) is 39.4. The van der Waals surface area contributed by atoms with Gasteiger partial charge in [-0.1, -0.05) is 48.0 Å². The smallest absolute Gasteiger partial charge is 0.384 e. The van der Waals surface area contributed by atoms with Gasteiger partial charge in [0.2, 0.25) is 0 Å². The molecule has 0 spiro atoms. The van der Waals surface area contributed by atoms with Gasteiger partial charge in [-0.25, -0.2) is 18.4 Å². The van der Waals surface area contributed by atoms with Crippen molar-refractivity contribution in [2.45, 2.75) is 23.4 Å². The second kappa shape index (κ2) is 17.1. The molecule has 3 heterocycles. The lowest BCUT2D eigenvalue weighted by atomic mass is 9.99. The summed E-state index contributed by atoms with van der Waals surface area (Å²) in [4.78, 5) is 27.5. The zero-order chi connectivity index (χ0) is 39.3. The van der Waals surface area contributed by atoms with Gasteiger partial charge in [0.05, 0.1) is 24.4 Å². The molecule has 7 rings (SSSR count). The molecule has 0 atom stereocenters. The Balaban J connectivity index is 1.01. The number of alkyl halides is 3. The maximum Gasteiger partial charge on any atom is 0.501 e. The normalized spacial score (nSPS) is 15.9. The van der Waals surface area contributed by atoms with Crippen molar-refractivity contribution in [1.82, 2.24) is 19.8 Å². The highest BCUT2D eigenvalue weighted by Gasteiger charge is 2.48. The molecule has 16 heteroatoms. The average Bonchev–Trinajstić information content (AvgIpc) is 3.20. The molecule has 2 aliphatic heterocycles. The molecule has 0 bridgehead atoms. The van der Waals surface area contributed by atoms with Crippen molar-refractivity contribution in [3.8, 4) is 11.1 Å². The number of piperazine rings is 1. The highest BCUT2D eigenvalue weighted by molar-refractivity contribution is 7.92. The number of amides is 1. The maximum absolute atomic E-state index is 13.9. The van der Waals surface area contributed by atoms with Gasteiger partial charge in [-0.2, -0.15) is 13.2 Å². The number of carbonyl (C=O) groups excluding carboxylic acids is 1. The molecule has 1 amide bonds.